The highest BCUT2D eigenvalue weighted by Crippen LogP contribution is 2.38. The smallest absolute Gasteiger partial charge is 0.341 e. The zero-order valence-electron chi connectivity index (χ0n) is 15.9. The van der Waals surface area contributed by atoms with Crippen LogP contribution < -0.4 is 5.32 Å². The van der Waals surface area contributed by atoms with Gasteiger partial charge in [-0.15, -0.1) is 11.3 Å². The predicted octanol–water partition coefficient (Wildman–Crippen LogP) is 3.29. The number of carbonyl (C=O) groups is 3. The number of hydrogen-bond acceptors (Lipinski definition) is 6. The molecule has 1 aliphatic rings. The van der Waals surface area contributed by atoms with Crippen LogP contribution >= 0.6 is 11.3 Å². The van der Waals surface area contributed by atoms with Gasteiger partial charge in [0.2, 0.25) is 0 Å². The Balaban J connectivity index is 1.94. The molecule has 3 rings (SSSR count). The summed E-state index contributed by atoms with van der Waals surface area (Å²) >= 11 is 1.40. The molecule has 8 nitrogen and oxygen atoms in total. The number of amides is 1. The van der Waals surface area contributed by atoms with Gasteiger partial charge in [0.05, 0.1) is 12.2 Å². The Labute approximate surface area is 166 Å². The SMILES string of the molecule is CCOC(=O)c1c(NC(=O)c2ccnn2C(C)C(=O)O)sc2c1CCCCC2. The number of carboxylic acid groups (broad SMARTS) is 1. The van der Waals surface area contributed by atoms with Crippen molar-refractivity contribution in [3.63, 3.8) is 0 Å². The first-order valence-electron chi connectivity index (χ1n) is 9.33. The maximum Gasteiger partial charge on any atom is 0.341 e. The van der Waals surface area contributed by atoms with Crippen molar-refractivity contribution >= 4 is 34.2 Å². The molecule has 1 amide bonds. The Morgan fingerprint density at radius 2 is 2.07 bits per heavy atom. The summed E-state index contributed by atoms with van der Waals surface area (Å²) in [6.45, 7) is 3.44. The van der Waals surface area contributed by atoms with Crippen molar-refractivity contribution in [2.75, 3.05) is 11.9 Å². The van der Waals surface area contributed by atoms with Crippen molar-refractivity contribution in [3.05, 3.63) is 34.0 Å². The molecule has 2 aromatic rings. The van der Waals surface area contributed by atoms with Crippen LogP contribution in [-0.4, -0.2) is 39.3 Å². The number of nitrogens with zero attached hydrogens (tertiary/aromatic N) is 2. The third-order valence-corrected chi connectivity index (χ3v) is 5.96. The minimum atomic E-state index is -1.09. The standard InChI is InChI=1S/C19H23N3O5S/c1-3-27-19(26)15-12-7-5-4-6-8-14(12)28-17(15)21-16(23)13-9-10-20-22(13)11(2)18(24)25/h9-11H,3-8H2,1-2H3,(H,21,23)(H,24,25). The van der Waals surface area contributed by atoms with Crippen LogP contribution in [0.2, 0.25) is 0 Å². The van der Waals surface area contributed by atoms with Gasteiger partial charge in [-0.3, -0.25) is 4.79 Å². The van der Waals surface area contributed by atoms with Crippen molar-refractivity contribution in [2.24, 2.45) is 0 Å². The van der Waals surface area contributed by atoms with Gasteiger partial charge in [0.15, 0.2) is 0 Å². The summed E-state index contributed by atoms with van der Waals surface area (Å²) in [4.78, 5) is 37.8. The number of aromatic nitrogens is 2. The number of aliphatic carboxylic acids is 1. The lowest BCUT2D eigenvalue weighted by Crippen LogP contribution is -2.24. The highest BCUT2D eigenvalue weighted by molar-refractivity contribution is 7.17. The molecule has 2 heterocycles. The van der Waals surface area contributed by atoms with Crippen LogP contribution in [0.4, 0.5) is 5.00 Å². The number of thiophene rings is 1. The molecule has 0 aliphatic heterocycles. The van der Waals surface area contributed by atoms with Gasteiger partial charge in [-0.2, -0.15) is 5.10 Å². The number of hydrogen-bond donors (Lipinski definition) is 2. The average molecular weight is 405 g/mol. The van der Waals surface area contributed by atoms with E-state index < -0.39 is 23.9 Å². The minimum Gasteiger partial charge on any atom is -0.480 e. The van der Waals surface area contributed by atoms with E-state index in [-0.39, 0.29) is 12.3 Å². The largest absolute Gasteiger partial charge is 0.480 e. The van der Waals surface area contributed by atoms with Crippen LogP contribution in [0.5, 0.6) is 0 Å². The summed E-state index contributed by atoms with van der Waals surface area (Å²) in [5.74, 6) is -2.04. The van der Waals surface area contributed by atoms with Crippen LogP contribution in [0.25, 0.3) is 0 Å². The number of fused-ring (bicyclic) bond motifs is 1. The van der Waals surface area contributed by atoms with E-state index in [1.807, 2.05) is 0 Å². The van der Waals surface area contributed by atoms with Crippen molar-refractivity contribution in [1.29, 1.82) is 0 Å². The maximum atomic E-state index is 12.8. The highest BCUT2D eigenvalue weighted by Gasteiger charge is 2.28. The molecule has 9 heteroatoms. The number of anilines is 1. The van der Waals surface area contributed by atoms with E-state index in [9.17, 15) is 19.5 Å². The quantitative estimate of drug-likeness (QED) is 0.564. The Kier molecular flexibility index (Phi) is 6.13. The summed E-state index contributed by atoms with van der Waals surface area (Å²) in [6, 6.07) is 0.470. The molecule has 1 unspecified atom stereocenters. The molecule has 0 spiro atoms. The molecule has 1 atom stereocenters. The molecule has 0 saturated carbocycles. The molecule has 0 aromatic carbocycles. The third-order valence-electron chi connectivity index (χ3n) is 4.76. The number of ether oxygens (including phenoxy) is 1. The Bertz CT molecular complexity index is 902. The number of aryl methyl sites for hydroxylation is 1. The fraction of sp³-hybridized carbons (Fsp3) is 0.474. The maximum absolute atomic E-state index is 12.8. The van der Waals surface area contributed by atoms with Gasteiger partial charge in [-0.25, -0.2) is 14.3 Å². The lowest BCUT2D eigenvalue weighted by Gasteiger charge is -2.12. The van der Waals surface area contributed by atoms with Gasteiger partial charge in [0.25, 0.3) is 5.91 Å². The van der Waals surface area contributed by atoms with Crippen LogP contribution in [0.15, 0.2) is 12.3 Å². The zero-order valence-corrected chi connectivity index (χ0v) is 16.7. The third kappa shape index (κ3) is 3.94. The van der Waals surface area contributed by atoms with E-state index in [1.165, 1.54) is 30.5 Å². The molecule has 2 N–H and O–H groups in total. The van der Waals surface area contributed by atoms with E-state index in [0.717, 1.165) is 47.2 Å². The normalized spacial score (nSPS) is 14.6. The molecule has 150 valence electrons. The number of esters is 1. The Morgan fingerprint density at radius 1 is 1.32 bits per heavy atom. The van der Waals surface area contributed by atoms with Gasteiger partial charge in [0.1, 0.15) is 16.7 Å². The minimum absolute atomic E-state index is 0.119. The second-order valence-corrected chi connectivity index (χ2v) is 7.72. The summed E-state index contributed by atoms with van der Waals surface area (Å²) in [6.07, 6.45) is 6.18. The van der Waals surface area contributed by atoms with Crippen LogP contribution in [-0.2, 0) is 22.4 Å². The van der Waals surface area contributed by atoms with Crippen molar-refractivity contribution in [2.45, 2.75) is 52.0 Å². The monoisotopic (exact) mass is 405 g/mol. The zero-order chi connectivity index (χ0) is 20.3. The second kappa shape index (κ2) is 8.55. The van der Waals surface area contributed by atoms with Gasteiger partial charge < -0.3 is 15.2 Å². The van der Waals surface area contributed by atoms with Crippen LogP contribution in [0, 0.1) is 0 Å². The van der Waals surface area contributed by atoms with Gasteiger partial charge >= 0.3 is 11.9 Å². The lowest BCUT2D eigenvalue weighted by molar-refractivity contribution is -0.140. The molecular formula is C19H23N3O5S. The van der Waals surface area contributed by atoms with E-state index >= 15 is 0 Å². The van der Waals surface area contributed by atoms with E-state index in [0.29, 0.717) is 10.6 Å². The first-order valence-corrected chi connectivity index (χ1v) is 10.1. The Hall–Kier alpha value is -2.68. The average Bonchev–Trinajstić information content (AvgIpc) is 3.20. The van der Waals surface area contributed by atoms with Gasteiger partial charge in [0, 0.05) is 11.1 Å². The number of rotatable bonds is 6. The first-order chi connectivity index (χ1) is 13.4. The topological polar surface area (TPSA) is 111 Å². The van der Waals surface area contributed by atoms with Gasteiger partial charge in [-0.05, 0) is 51.2 Å². The second-order valence-electron chi connectivity index (χ2n) is 6.62. The van der Waals surface area contributed by atoms with Crippen LogP contribution in [0.1, 0.15) is 70.4 Å². The van der Waals surface area contributed by atoms with Gasteiger partial charge in [-0.1, -0.05) is 6.42 Å². The number of carbonyl (C=O) groups excluding carboxylic acids is 2. The molecular weight excluding hydrogens is 382 g/mol. The fourth-order valence-corrected chi connectivity index (χ4v) is 4.60. The predicted molar refractivity (Wildman–Crippen MR) is 104 cm³/mol. The van der Waals surface area contributed by atoms with Crippen molar-refractivity contribution < 1.29 is 24.2 Å². The molecule has 28 heavy (non-hydrogen) atoms. The molecule has 0 saturated heterocycles. The fourth-order valence-electron chi connectivity index (χ4n) is 3.32. The van der Waals surface area contributed by atoms with Crippen molar-refractivity contribution in [3.8, 4) is 0 Å². The highest BCUT2D eigenvalue weighted by atomic mass is 32.1. The molecule has 0 fully saturated rings. The molecule has 2 aromatic heterocycles. The van der Waals surface area contributed by atoms with E-state index in [2.05, 4.69) is 10.4 Å². The summed E-state index contributed by atoms with van der Waals surface area (Å²) in [5, 5.41) is 16.4. The summed E-state index contributed by atoms with van der Waals surface area (Å²) in [7, 11) is 0. The first kappa shape index (κ1) is 20.1. The molecule has 0 bridgehead atoms. The molecule has 0 radical (unpaired) electrons. The van der Waals surface area contributed by atoms with E-state index in [1.54, 1.807) is 6.92 Å². The lowest BCUT2D eigenvalue weighted by atomic mass is 10.1. The number of nitrogens with one attached hydrogen (secondary N) is 1. The summed E-state index contributed by atoms with van der Waals surface area (Å²) in [5.41, 5.74) is 1.51. The summed E-state index contributed by atoms with van der Waals surface area (Å²) < 4.78 is 6.37. The van der Waals surface area contributed by atoms with E-state index in [4.69, 9.17) is 4.74 Å². The van der Waals surface area contributed by atoms with Crippen molar-refractivity contribution in [1.82, 2.24) is 9.78 Å². The Morgan fingerprint density at radius 3 is 2.79 bits per heavy atom. The number of carboxylic acids is 1. The van der Waals surface area contributed by atoms with Crippen LogP contribution in [0.3, 0.4) is 0 Å². The molecule has 1 aliphatic carbocycles.